The SMILES string of the molecule is CC(O)C(N=Cc1ccco1)C(=O)OCc1ccc([N+](=O)[O-])cc1. The molecule has 2 rings (SSSR count). The van der Waals surface area contributed by atoms with Crippen LogP contribution in [0.15, 0.2) is 52.1 Å². The van der Waals surface area contributed by atoms with Crippen LogP contribution in [0.4, 0.5) is 5.69 Å². The summed E-state index contributed by atoms with van der Waals surface area (Å²) < 4.78 is 10.2. The molecule has 1 N–H and O–H groups in total. The normalized spacial score (nSPS) is 13.6. The molecular weight excluding hydrogens is 316 g/mol. The van der Waals surface area contributed by atoms with Crippen LogP contribution < -0.4 is 0 Å². The van der Waals surface area contributed by atoms with E-state index in [0.29, 0.717) is 11.3 Å². The highest BCUT2D eigenvalue weighted by molar-refractivity contribution is 5.82. The number of aliphatic hydroxyl groups excluding tert-OH is 1. The topological polar surface area (TPSA) is 115 Å². The predicted octanol–water partition coefficient (Wildman–Crippen LogP) is 2.10. The van der Waals surface area contributed by atoms with Crippen LogP contribution in [-0.4, -0.2) is 34.4 Å². The summed E-state index contributed by atoms with van der Waals surface area (Å²) in [5.41, 5.74) is 0.545. The van der Waals surface area contributed by atoms with Gasteiger partial charge in [-0.05, 0) is 36.8 Å². The fourth-order valence-corrected chi connectivity index (χ4v) is 1.85. The second kappa shape index (κ2) is 8.02. The molecule has 0 aliphatic heterocycles. The van der Waals surface area contributed by atoms with Crippen molar-refractivity contribution in [2.75, 3.05) is 0 Å². The van der Waals surface area contributed by atoms with E-state index in [9.17, 15) is 20.0 Å². The number of ether oxygens (including phenoxy) is 1. The van der Waals surface area contributed by atoms with E-state index in [4.69, 9.17) is 9.15 Å². The molecule has 126 valence electrons. The van der Waals surface area contributed by atoms with Crippen molar-refractivity contribution in [2.24, 2.45) is 4.99 Å². The second-order valence-electron chi connectivity index (χ2n) is 5.01. The van der Waals surface area contributed by atoms with Gasteiger partial charge in [-0.2, -0.15) is 0 Å². The van der Waals surface area contributed by atoms with Crippen LogP contribution in [0.25, 0.3) is 0 Å². The monoisotopic (exact) mass is 332 g/mol. The molecule has 0 saturated heterocycles. The van der Waals surface area contributed by atoms with Crippen molar-refractivity contribution >= 4 is 17.9 Å². The average molecular weight is 332 g/mol. The fourth-order valence-electron chi connectivity index (χ4n) is 1.85. The van der Waals surface area contributed by atoms with Crippen LogP contribution in [0.1, 0.15) is 18.2 Å². The Labute approximate surface area is 137 Å². The second-order valence-corrected chi connectivity index (χ2v) is 5.01. The Bertz CT molecular complexity index is 707. The molecule has 0 amide bonds. The van der Waals surface area contributed by atoms with Gasteiger partial charge < -0.3 is 14.3 Å². The lowest BCUT2D eigenvalue weighted by molar-refractivity contribution is -0.384. The molecule has 0 radical (unpaired) electrons. The highest BCUT2D eigenvalue weighted by Gasteiger charge is 2.24. The van der Waals surface area contributed by atoms with Crippen molar-refractivity contribution in [1.29, 1.82) is 0 Å². The van der Waals surface area contributed by atoms with E-state index < -0.39 is 23.0 Å². The number of furan rings is 1. The quantitative estimate of drug-likeness (QED) is 0.359. The van der Waals surface area contributed by atoms with Gasteiger partial charge in [0, 0.05) is 12.1 Å². The molecule has 2 unspecified atom stereocenters. The summed E-state index contributed by atoms with van der Waals surface area (Å²) in [7, 11) is 0. The zero-order valence-corrected chi connectivity index (χ0v) is 12.9. The standard InChI is InChI=1S/C16H16N2O6/c1-11(19)15(17-9-14-3-2-8-23-14)16(20)24-10-12-4-6-13(7-5-12)18(21)22/h2-9,11,15,19H,10H2,1H3. The first-order valence-corrected chi connectivity index (χ1v) is 7.12. The minimum Gasteiger partial charge on any atom is -0.463 e. The van der Waals surface area contributed by atoms with Gasteiger partial charge in [-0.15, -0.1) is 0 Å². The highest BCUT2D eigenvalue weighted by Crippen LogP contribution is 2.13. The number of benzene rings is 1. The van der Waals surface area contributed by atoms with Crippen LogP contribution >= 0.6 is 0 Å². The number of aliphatic hydroxyl groups is 1. The lowest BCUT2D eigenvalue weighted by Crippen LogP contribution is -2.32. The molecular formula is C16H16N2O6. The molecule has 2 atom stereocenters. The smallest absolute Gasteiger partial charge is 0.333 e. The number of non-ortho nitro benzene ring substituents is 1. The molecule has 1 aromatic carbocycles. The van der Waals surface area contributed by atoms with Crippen LogP contribution in [-0.2, 0) is 16.1 Å². The summed E-state index contributed by atoms with van der Waals surface area (Å²) in [5.74, 6) is -0.255. The highest BCUT2D eigenvalue weighted by atomic mass is 16.6. The first kappa shape index (κ1) is 17.4. The first-order valence-electron chi connectivity index (χ1n) is 7.12. The number of aliphatic imine (C=N–C) groups is 1. The van der Waals surface area contributed by atoms with Crippen LogP contribution in [0.5, 0.6) is 0 Å². The summed E-state index contributed by atoms with van der Waals surface area (Å²) in [5, 5.41) is 20.3. The van der Waals surface area contributed by atoms with Crippen molar-refractivity contribution in [3.8, 4) is 0 Å². The largest absolute Gasteiger partial charge is 0.463 e. The van der Waals surface area contributed by atoms with Gasteiger partial charge >= 0.3 is 5.97 Å². The van der Waals surface area contributed by atoms with Crippen molar-refractivity contribution in [3.63, 3.8) is 0 Å². The summed E-state index contributed by atoms with van der Waals surface area (Å²) >= 11 is 0. The lowest BCUT2D eigenvalue weighted by Gasteiger charge is -2.14. The Kier molecular flexibility index (Phi) is 5.80. The number of nitro benzene ring substituents is 1. The number of hydrogen-bond donors (Lipinski definition) is 1. The summed E-state index contributed by atoms with van der Waals surface area (Å²) in [4.78, 5) is 26.1. The van der Waals surface area contributed by atoms with Crippen LogP contribution in [0, 0.1) is 10.1 Å². The third kappa shape index (κ3) is 4.75. The Morgan fingerprint density at radius 2 is 2.12 bits per heavy atom. The van der Waals surface area contributed by atoms with Crippen molar-refractivity contribution in [2.45, 2.75) is 25.7 Å². The molecule has 0 fully saturated rings. The van der Waals surface area contributed by atoms with Crippen LogP contribution in [0.3, 0.4) is 0 Å². The maximum atomic E-state index is 12.1. The van der Waals surface area contributed by atoms with E-state index in [0.717, 1.165) is 0 Å². The van der Waals surface area contributed by atoms with Gasteiger partial charge in [0.05, 0.1) is 23.5 Å². The van der Waals surface area contributed by atoms with Gasteiger partial charge in [0.15, 0.2) is 6.04 Å². The molecule has 1 aromatic heterocycles. The third-order valence-electron chi connectivity index (χ3n) is 3.13. The number of nitrogens with zero attached hydrogens (tertiary/aromatic N) is 2. The van der Waals surface area contributed by atoms with E-state index in [1.54, 1.807) is 12.1 Å². The zero-order valence-electron chi connectivity index (χ0n) is 12.9. The van der Waals surface area contributed by atoms with Gasteiger partial charge in [-0.1, -0.05) is 0 Å². The van der Waals surface area contributed by atoms with E-state index in [2.05, 4.69) is 4.99 Å². The summed E-state index contributed by atoms with van der Waals surface area (Å²) in [6.45, 7) is 1.35. The van der Waals surface area contributed by atoms with E-state index in [1.807, 2.05) is 0 Å². The Balaban J connectivity index is 1.96. The molecule has 2 aromatic rings. The number of carbonyl (C=O) groups excluding carboxylic acids is 1. The molecule has 8 nitrogen and oxygen atoms in total. The minimum atomic E-state index is -1.09. The maximum Gasteiger partial charge on any atom is 0.333 e. The number of rotatable bonds is 7. The molecule has 0 aliphatic rings. The minimum absolute atomic E-state index is 0.0463. The van der Waals surface area contributed by atoms with E-state index in [-0.39, 0.29) is 12.3 Å². The Morgan fingerprint density at radius 1 is 1.42 bits per heavy atom. The van der Waals surface area contributed by atoms with Crippen molar-refractivity contribution < 1.29 is 24.0 Å². The van der Waals surface area contributed by atoms with Gasteiger partial charge in [0.1, 0.15) is 12.4 Å². The molecule has 0 saturated carbocycles. The van der Waals surface area contributed by atoms with Gasteiger partial charge in [-0.25, -0.2) is 4.79 Å². The van der Waals surface area contributed by atoms with Gasteiger partial charge in [0.25, 0.3) is 5.69 Å². The molecule has 0 bridgehead atoms. The maximum absolute atomic E-state index is 12.1. The zero-order chi connectivity index (χ0) is 17.5. The molecule has 8 heteroatoms. The number of hydrogen-bond acceptors (Lipinski definition) is 7. The van der Waals surface area contributed by atoms with Gasteiger partial charge in [-0.3, -0.25) is 15.1 Å². The summed E-state index contributed by atoms with van der Waals surface area (Å²) in [6, 6.07) is 7.88. The van der Waals surface area contributed by atoms with E-state index in [1.165, 1.54) is 43.7 Å². The fraction of sp³-hybridized carbons (Fsp3) is 0.250. The van der Waals surface area contributed by atoms with Gasteiger partial charge in [0.2, 0.25) is 0 Å². The van der Waals surface area contributed by atoms with Crippen molar-refractivity contribution in [3.05, 3.63) is 64.1 Å². The molecule has 0 aliphatic carbocycles. The predicted molar refractivity (Wildman–Crippen MR) is 84.7 cm³/mol. The van der Waals surface area contributed by atoms with Crippen molar-refractivity contribution in [1.82, 2.24) is 0 Å². The summed E-state index contributed by atoms with van der Waals surface area (Å²) in [6.07, 6.45) is 1.76. The number of carbonyl (C=O) groups is 1. The molecule has 24 heavy (non-hydrogen) atoms. The Hall–Kier alpha value is -3.00. The number of nitro groups is 1. The molecule has 1 heterocycles. The molecule has 0 spiro atoms. The number of esters is 1. The lowest BCUT2D eigenvalue weighted by atomic mass is 10.2. The van der Waals surface area contributed by atoms with Crippen LogP contribution in [0.2, 0.25) is 0 Å². The average Bonchev–Trinajstić information content (AvgIpc) is 3.06. The third-order valence-corrected chi connectivity index (χ3v) is 3.13. The first-order chi connectivity index (χ1) is 11.5. The Morgan fingerprint density at radius 3 is 2.67 bits per heavy atom. The van der Waals surface area contributed by atoms with E-state index >= 15 is 0 Å².